The summed E-state index contributed by atoms with van der Waals surface area (Å²) in [4.78, 5) is 28.6. The number of alkyl halides is 3. The highest BCUT2D eigenvalue weighted by Gasteiger charge is 2.42. The molecule has 0 bridgehead atoms. The molecule has 8 nitrogen and oxygen atoms in total. The molecule has 0 saturated carbocycles. The maximum atomic E-state index is 13.4. The minimum Gasteiger partial charge on any atom is -0.489 e. The van der Waals surface area contributed by atoms with Crippen LogP contribution in [0.2, 0.25) is 0 Å². The number of likely N-dealkylation sites (tertiary alicyclic amines) is 1. The van der Waals surface area contributed by atoms with Crippen molar-refractivity contribution in [3.8, 4) is 17.2 Å². The van der Waals surface area contributed by atoms with Gasteiger partial charge in [-0.25, -0.2) is 9.78 Å². The van der Waals surface area contributed by atoms with E-state index >= 15 is 0 Å². The van der Waals surface area contributed by atoms with Crippen molar-refractivity contribution in [3.05, 3.63) is 66.1 Å². The lowest BCUT2D eigenvalue weighted by Gasteiger charge is -2.15. The van der Waals surface area contributed by atoms with E-state index in [0.717, 1.165) is 0 Å². The lowest BCUT2D eigenvalue weighted by Crippen LogP contribution is -2.29. The van der Waals surface area contributed by atoms with Gasteiger partial charge in [-0.3, -0.25) is 4.79 Å². The van der Waals surface area contributed by atoms with Crippen LogP contribution < -0.4 is 10.1 Å². The maximum Gasteiger partial charge on any atom is 0.452 e. The molecule has 4 rings (SSSR count). The number of nitrogens with zero attached hydrogens (tertiary/aromatic N) is 2. The van der Waals surface area contributed by atoms with Crippen molar-refractivity contribution in [2.45, 2.75) is 18.7 Å². The molecule has 11 heteroatoms. The smallest absolute Gasteiger partial charge is 0.452 e. The first kappa shape index (κ1) is 22.2. The molecule has 1 aliphatic rings. The normalized spacial score (nSPS) is 16.0. The Morgan fingerprint density at radius 2 is 1.82 bits per heavy atom. The van der Waals surface area contributed by atoms with E-state index in [0.29, 0.717) is 24.3 Å². The first-order valence-corrected chi connectivity index (χ1v) is 9.90. The number of ether oxygens (including phenoxy) is 1. The van der Waals surface area contributed by atoms with Gasteiger partial charge in [0.1, 0.15) is 11.9 Å². The Kier molecular flexibility index (Phi) is 5.95. The van der Waals surface area contributed by atoms with Crippen molar-refractivity contribution >= 4 is 17.7 Å². The largest absolute Gasteiger partial charge is 0.489 e. The van der Waals surface area contributed by atoms with E-state index in [9.17, 15) is 22.8 Å². The Morgan fingerprint density at radius 1 is 1.12 bits per heavy atom. The summed E-state index contributed by atoms with van der Waals surface area (Å²) in [5.41, 5.74) is -0.346. The van der Waals surface area contributed by atoms with Gasteiger partial charge in [0.25, 0.3) is 5.91 Å². The Balaban J connectivity index is 1.47. The van der Waals surface area contributed by atoms with Crippen LogP contribution >= 0.6 is 0 Å². The summed E-state index contributed by atoms with van der Waals surface area (Å²) in [5.74, 6) is -2.43. The Bertz CT molecular complexity index is 1150. The number of carboxylic acid groups (broad SMARTS) is 1. The van der Waals surface area contributed by atoms with Crippen LogP contribution in [0.15, 0.2) is 59.0 Å². The molecule has 1 atom stereocenters. The minimum atomic E-state index is -4.91. The van der Waals surface area contributed by atoms with E-state index in [1.807, 2.05) is 0 Å². The molecule has 1 aromatic heterocycles. The van der Waals surface area contributed by atoms with E-state index < -0.39 is 29.6 Å². The van der Waals surface area contributed by atoms with Gasteiger partial charge in [0, 0.05) is 24.2 Å². The average molecular weight is 461 g/mol. The van der Waals surface area contributed by atoms with Gasteiger partial charge in [0.05, 0.1) is 6.54 Å². The summed E-state index contributed by atoms with van der Waals surface area (Å²) in [7, 11) is 0. The van der Waals surface area contributed by atoms with Crippen LogP contribution in [0.25, 0.3) is 11.5 Å². The van der Waals surface area contributed by atoms with Gasteiger partial charge in [-0.2, -0.15) is 13.2 Å². The summed E-state index contributed by atoms with van der Waals surface area (Å²) in [6.07, 6.45) is -5.68. The van der Waals surface area contributed by atoms with Crippen LogP contribution in [0.4, 0.5) is 23.7 Å². The first-order valence-electron chi connectivity index (χ1n) is 9.90. The van der Waals surface area contributed by atoms with Crippen LogP contribution in [0.3, 0.4) is 0 Å². The minimum absolute atomic E-state index is 0.225. The molecule has 1 aliphatic heterocycles. The number of rotatable bonds is 5. The second-order valence-electron chi connectivity index (χ2n) is 7.30. The van der Waals surface area contributed by atoms with Crippen LogP contribution in [0.5, 0.6) is 5.75 Å². The zero-order valence-corrected chi connectivity index (χ0v) is 17.0. The summed E-state index contributed by atoms with van der Waals surface area (Å²) in [6, 6.07) is 13.9. The number of halogens is 3. The second kappa shape index (κ2) is 8.85. The third-order valence-corrected chi connectivity index (χ3v) is 4.95. The molecule has 2 N–H and O–H groups in total. The molecule has 0 unspecified atom stereocenters. The van der Waals surface area contributed by atoms with Crippen LogP contribution in [-0.2, 0) is 6.18 Å². The SMILES string of the molecule is O=C(Nc1ccc(O[C@H]2CCN(C(=O)O)C2)cc1)c1nc(-c2ccccc2)oc1C(F)(F)F. The molecular weight excluding hydrogens is 443 g/mol. The predicted octanol–water partition coefficient (Wildman–Crippen LogP) is 4.74. The molecule has 1 fully saturated rings. The van der Waals surface area contributed by atoms with E-state index in [1.54, 1.807) is 18.2 Å². The van der Waals surface area contributed by atoms with Crippen LogP contribution in [-0.4, -0.2) is 46.2 Å². The molecule has 0 radical (unpaired) electrons. The fraction of sp³-hybridized carbons (Fsp3) is 0.227. The average Bonchev–Trinajstić information content (AvgIpc) is 3.43. The fourth-order valence-electron chi connectivity index (χ4n) is 3.37. The van der Waals surface area contributed by atoms with Gasteiger partial charge in [-0.05, 0) is 36.4 Å². The monoisotopic (exact) mass is 461 g/mol. The van der Waals surface area contributed by atoms with Gasteiger partial charge >= 0.3 is 12.3 Å². The number of carbonyl (C=O) groups excluding carboxylic acids is 1. The number of carbonyl (C=O) groups is 2. The van der Waals surface area contributed by atoms with Crippen molar-refractivity contribution < 1.29 is 37.0 Å². The van der Waals surface area contributed by atoms with E-state index in [1.165, 1.54) is 41.3 Å². The molecule has 33 heavy (non-hydrogen) atoms. The zero-order chi connectivity index (χ0) is 23.6. The Labute approximate surface area is 185 Å². The fourth-order valence-corrected chi connectivity index (χ4v) is 3.37. The molecule has 0 spiro atoms. The molecule has 2 heterocycles. The summed E-state index contributed by atoms with van der Waals surface area (Å²) >= 11 is 0. The molecule has 1 saturated heterocycles. The summed E-state index contributed by atoms with van der Waals surface area (Å²) in [6.45, 7) is 0.613. The molecule has 0 aliphatic carbocycles. The van der Waals surface area contributed by atoms with Crippen LogP contribution in [0.1, 0.15) is 22.7 Å². The van der Waals surface area contributed by atoms with E-state index in [-0.39, 0.29) is 24.2 Å². The van der Waals surface area contributed by atoms with Gasteiger partial charge < -0.3 is 24.5 Å². The number of oxazole rings is 1. The van der Waals surface area contributed by atoms with Gasteiger partial charge in [-0.1, -0.05) is 18.2 Å². The Morgan fingerprint density at radius 3 is 2.42 bits per heavy atom. The maximum absolute atomic E-state index is 13.4. The molecular formula is C22H18F3N3O5. The number of aromatic nitrogens is 1. The molecule has 2 aromatic carbocycles. The lowest BCUT2D eigenvalue weighted by molar-refractivity contribution is -0.153. The van der Waals surface area contributed by atoms with Gasteiger partial charge in [0.15, 0.2) is 5.69 Å². The highest BCUT2D eigenvalue weighted by Crippen LogP contribution is 2.35. The number of nitrogens with one attached hydrogen (secondary N) is 1. The predicted molar refractivity (Wildman–Crippen MR) is 110 cm³/mol. The van der Waals surface area contributed by atoms with Gasteiger partial charge in [0.2, 0.25) is 11.7 Å². The van der Waals surface area contributed by atoms with E-state index in [2.05, 4.69) is 10.3 Å². The van der Waals surface area contributed by atoms with Crippen molar-refractivity contribution in [1.82, 2.24) is 9.88 Å². The summed E-state index contributed by atoms with van der Waals surface area (Å²) < 4.78 is 50.9. The van der Waals surface area contributed by atoms with Crippen molar-refractivity contribution in [2.75, 3.05) is 18.4 Å². The lowest BCUT2D eigenvalue weighted by atomic mass is 10.2. The van der Waals surface area contributed by atoms with Crippen molar-refractivity contribution in [1.29, 1.82) is 0 Å². The number of anilines is 1. The number of hydrogen-bond acceptors (Lipinski definition) is 5. The highest BCUT2D eigenvalue weighted by molar-refractivity contribution is 6.04. The molecule has 3 aromatic rings. The third kappa shape index (κ3) is 5.08. The first-order chi connectivity index (χ1) is 15.7. The van der Waals surface area contributed by atoms with Gasteiger partial charge in [-0.15, -0.1) is 0 Å². The summed E-state index contributed by atoms with van der Waals surface area (Å²) in [5, 5.41) is 11.4. The quantitative estimate of drug-likeness (QED) is 0.569. The van der Waals surface area contributed by atoms with Crippen molar-refractivity contribution in [3.63, 3.8) is 0 Å². The second-order valence-corrected chi connectivity index (χ2v) is 7.30. The third-order valence-electron chi connectivity index (χ3n) is 4.95. The van der Waals surface area contributed by atoms with Crippen molar-refractivity contribution in [2.24, 2.45) is 0 Å². The standard InChI is InChI=1S/C22H18F3N3O5/c23-22(24,25)18-17(27-20(33-18)13-4-2-1-3-5-13)19(29)26-14-6-8-15(9-7-14)32-16-10-11-28(12-16)21(30)31/h1-9,16H,10-12H2,(H,26,29)(H,30,31)/t16-/m0/s1. The van der Waals surface area contributed by atoms with E-state index in [4.69, 9.17) is 14.3 Å². The number of benzene rings is 2. The number of amides is 2. The molecule has 2 amide bonds. The topological polar surface area (TPSA) is 105 Å². The highest BCUT2D eigenvalue weighted by atomic mass is 19.4. The Hall–Kier alpha value is -4.02. The van der Waals surface area contributed by atoms with Crippen LogP contribution in [0, 0.1) is 0 Å². The zero-order valence-electron chi connectivity index (χ0n) is 17.0. The molecule has 172 valence electrons. The number of hydrogen-bond donors (Lipinski definition) is 2.